The molecule has 0 spiro atoms. The highest BCUT2D eigenvalue weighted by atomic mass is 19.1. The molecule has 0 aromatic carbocycles. The number of carbonyl (C=O) groups excluding carboxylic acids is 1. The quantitative estimate of drug-likeness (QED) is 0.682. The lowest BCUT2D eigenvalue weighted by Crippen LogP contribution is -2.32. The van der Waals surface area contributed by atoms with Crippen LogP contribution in [0.3, 0.4) is 0 Å². The molecular formula is C14H18F2N2O2. The number of amides is 1. The fraction of sp³-hybridized carbons (Fsp3) is 0.429. The number of nitrogens with one attached hydrogen (secondary N) is 1. The largest absolute Gasteiger partial charge is 0.444 e. The van der Waals surface area contributed by atoms with Gasteiger partial charge in [-0.2, -0.15) is 13.8 Å². The van der Waals surface area contributed by atoms with Gasteiger partial charge in [0.15, 0.2) is 0 Å². The van der Waals surface area contributed by atoms with Crippen molar-refractivity contribution in [2.24, 2.45) is 0 Å². The average Bonchev–Trinajstić information content (AvgIpc) is 2.24. The first kappa shape index (κ1) is 16.1. The standard InChI is InChI=1S/C14H18F2N2O2/c1-14(2,3)20-13(19)17-7-5-4-6-10-8-11(15)18-12(16)9-10/h4,6,8-9H,5,7H2,1-3H3,(H,17,19). The Bertz CT molecular complexity index is 476. The minimum atomic E-state index is -0.864. The van der Waals surface area contributed by atoms with E-state index in [9.17, 15) is 13.6 Å². The fourth-order valence-corrected chi connectivity index (χ4v) is 1.37. The summed E-state index contributed by atoms with van der Waals surface area (Å²) in [6.45, 7) is 5.71. The van der Waals surface area contributed by atoms with Gasteiger partial charge in [0.25, 0.3) is 0 Å². The second-order valence-corrected chi connectivity index (χ2v) is 5.17. The van der Waals surface area contributed by atoms with Crippen LogP contribution in [0.15, 0.2) is 18.2 Å². The molecule has 0 unspecified atom stereocenters. The summed E-state index contributed by atoms with van der Waals surface area (Å²) in [6, 6.07) is 2.25. The van der Waals surface area contributed by atoms with Crippen molar-refractivity contribution < 1.29 is 18.3 Å². The second-order valence-electron chi connectivity index (χ2n) is 5.17. The van der Waals surface area contributed by atoms with Gasteiger partial charge in [0.2, 0.25) is 11.9 Å². The Morgan fingerprint density at radius 2 is 1.95 bits per heavy atom. The number of rotatable bonds is 4. The molecule has 4 nitrogen and oxygen atoms in total. The maximum Gasteiger partial charge on any atom is 0.407 e. The normalized spacial score (nSPS) is 11.7. The number of carbonyl (C=O) groups is 1. The van der Waals surface area contributed by atoms with Crippen molar-refractivity contribution in [2.75, 3.05) is 6.54 Å². The van der Waals surface area contributed by atoms with Gasteiger partial charge in [-0.3, -0.25) is 0 Å². The smallest absolute Gasteiger partial charge is 0.407 e. The highest BCUT2D eigenvalue weighted by Crippen LogP contribution is 2.07. The molecule has 0 aliphatic heterocycles. The molecule has 0 aliphatic carbocycles. The Hall–Kier alpha value is -1.98. The number of halogens is 2. The van der Waals surface area contributed by atoms with Crippen molar-refractivity contribution in [1.29, 1.82) is 0 Å². The highest BCUT2D eigenvalue weighted by Gasteiger charge is 2.15. The van der Waals surface area contributed by atoms with Crippen molar-refractivity contribution in [2.45, 2.75) is 32.8 Å². The Morgan fingerprint density at radius 3 is 2.50 bits per heavy atom. The van der Waals surface area contributed by atoms with Gasteiger partial charge in [-0.15, -0.1) is 0 Å². The molecule has 110 valence electrons. The molecule has 0 radical (unpaired) electrons. The molecule has 0 saturated heterocycles. The van der Waals surface area contributed by atoms with E-state index in [0.717, 1.165) is 12.1 Å². The first-order valence-corrected chi connectivity index (χ1v) is 6.23. The van der Waals surface area contributed by atoms with Gasteiger partial charge in [0.1, 0.15) is 5.60 Å². The van der Waals surface area contributed by atoms with E-state index in [1.807, 2.05) is 0 Å². The molecule has 20 heavy (non-hydrogen) atoms. The second kappa shape index (κ2) is 6.98. The maximum atomic E-state index is 12.8. The van der Waals surface area contributed by atoms with Crippen LogP contribution in [-0.2, 0) is 4.74 Å². The van der Waals surface area contributed by atoms with E-state index in [1.165, 1.54) is 0 Å². The molecule has 1 aromatic rings. The van der Waals surface area contributed by atoms with Crippen LogP contribution in [-0.4, -0.2) is 23.2 Å². The fourth-order valence-electron chi connectivity index (χ4n) is 1.37. The topological polar surface area (TPSA) is 51.2 Å². The summed E-state index contributed by atoms with van der Waals surface area (Å²) in [6.07, 6.45) is 3.29. The van der Waals surface area contributed by atoms with Gasteiger partial charge in [-0.25, -0.2) is 4.79 Å². The predicted molar refractivity (Wildman–Crippen MR) is 72.0 cm³/mol. The number of pyridine rings is 1. The summed E-state index contributed by atoms with van der Waals surface area (Å²) in [5.74, 6) is -1.73. The Labute approximate surface area is 116 Å². The van der Waals surface area contributed by atoms with Crippen molar-refractivity contribution in [1.82, 2.24) is 10.3 Å². The van der Waals surface area contributed by atoms with E-state index in [-0.39, 0.29) is 0 Å². The molecule has 6 heteroatoms. The molecule has 0 fully saturated rings. The minimum absolute atomic E-state index is 0.376. The first-order valence-electron chi connectivity index (χ1n) is 6.23. The van der Waals surface area contributed by atoms with Crippen molar-refractivity contribution in [3.63, 3.8) is 0 Å². The number of nitrogens with zero attached hydrogens (tertiary/aromatic N) is 1. The average molecular weight is 284 g/mol. The number of hydrogen-bond donors (Lipinski definition) is 1. The minimum Gasteiger partial charge on any atom is -0.444 e. The number of hydrogen-bond acceptors (Lipinski definition) is 3. The lowest BCUT2D eigenvalue weighted by molar-refractivity contribution is 0.0529. The van der Waals surface area contributed by atoms with Gasteiger partial charge in [-0.05, 0) is 32.8 Å². The number of ether oxygens (including phenoxy) is 1. The Kier molecular flexibility index (Phi) is 5.61. The molecule has 0 saturated carbocycles. The Balaban J connectivity index is 2.34. The van der Waals surface area contributed by atoms with Crippen LogP contribution in [0.1, 0.15) is 32.8 Å². The molecule has 0 bridgehead atoms. The van der Waals surface area contributed by atoms with Crippen LogP contribution < -0.4 is 5.32 Å². The molecule has 0 aliphatic rings. The van der Waals surface area contributed by atoms with Crippen LogP contribution >= 0.6 is 0 Å². The van der Waals surface area contributed by atoms with Crippen LogP contribution in [0.4, 0.5) is 13.6 Å². The van der Waals surface area contributed by atoms with E-state index < -0.39 is 23.6 Å². The summed E-state index contributed by atoms with van der Waals surface area (Å²) in [7, 11) is 0. The molecule has 0 atom stereocenters. The Morgan fingerprint density at radius 1 is 1.35 bits per heavy atom. The first-order chi connectivity index (χ1) is 9.26. The van der Waals surface area contributed by atoms with Crippen molar-refractivity contribution in [3.8, 4) is 0 Å². The summed E-state index contributed by atoms with van der Waals surface area (Å²) < 4.78 is 30.7. The van der Waals surface area contributed by atoms with E-state index in [2.05, 4.69) is 10.3 Å². The number of aromatic nitrogens is 1. The molecule has 1 heterocycles. The summed E-state index contributed by atoms with van der Waals surface area (Å²) in [5.41, 5.74) is -0.154. The van der Waals surface area contributed by atoms with E-state index in [1.54, 1.807) is 32.9 Å². The van der Waals surface area contributed by atoms with E-state index >= 15 is 0 Å². The highest BCUT2D eigenvalue weighted by molar-refractivity contribution is 5.67. The molecule has 1 rings (SSSR count). The van der Waals surface area contributed by atoms with E-state index in [4.69, 9.17) is 4.74 Å². The van der Waals surface area contributed by atoms with Gasteiger partial charge in [-0.1, -0.05) is 12.2 Å². The lowest BCUT2D eigenvalue weighted by Gasteiger charge is -2.19. The maximum absolute atomic E-state index is 12.8. The van der Waals surface area contributed by atoms with Crippen LogP contribution in [0.2, 0.25) is 0 Å². The third kappa shape index (κ3) is 6.82. The van der Waals surface area contributed by atoms with Gasteiger partial charge < -0.3 is 10.1 Å². The summed E-state index contributed by atoms with van der Waals surface area (Å²) >= 11 is 0. The third-order valence-electron chi connectivity index (χ3n) is 2.07. The summed E-state index contributed by atoms with van der Waals surface area (Å²) in [4.78, 5) is 14.3. The van der Waals surface area contributed by atoms with Crippen LogP contribution in [0, 0.1) is 11.9 Å². The van der Waals surface area contributed by atoms with Crippen LogP contribution in [0.25, 0.3) is 6.08 Å². The monoisotopic (exact) mass is 284 g/mol. The zero-order chi connectivity index (χ0) is 15.2. The number of alkyl carbamates (subject to hydrolysis) is 1. The lowest BCUT2D eigenvalue weighted by atomic mass is 10.2. The van der Waals surface area contributed by atoms with Crippen LogP contribution in [0.5, 0.6) is 0 Å². The molecular weight excluding hydrogens is 266 g/mol. The third-order valence-corrected chi connectivity index (χ3v) is 2.07. The van der Waals surface area contributed by atoms with Crippen molar-refractivity contribution in [3.05, 3.63) is 35.7 Å². The van der Waals surface area contributed by atoms with E-state index in [0.29, 0.717) is 18.5 Å². The summed E-state index contributed by atoms with van der Waals surface area (Å²) in [5, 5.41) is 2.58. The molecule has 1 N–H and O–H groups in total. The van der Waals surface area contributed by atoms with Gasteiger partial charge in [0, 0.05) is 18.7 Å². The predicted octanol–water partition coefficient (Wildman–Crippen LogP) is 3.29. The molecule has 1 aromatic heterocycles. The zero-order valence-electron chi connectivity index (χ0n) is 11.7. The van der Waals surface area contributed by atoms with Gasteiger partial charge >= 0.3 is 6.09 Å². The van der Waals surface area contributed by atoms with Crippen molar-refractivity contribution >= 4 is 12.2 Å². The zero-order valence-corrected chi connectivity index (χ0v) is 11.7. The molecule has 1 amide bonds. The SMILES string of the molecule is CC(C)(C)OC(=O)NCCC=Cc1cc(F)nc(F)c1. The van der Waals surface area contributed by atoms with Gasteiger partial charge in [0.05, 0.1) is 0 Å².